The molecule has 1 aliphatic rings. The van der Waals surface area contributed by atoms with E-state index in [-0.39, 0.29) is 34.4 Å². The normalized spacial score (nSPS) is 16.1. The fourth-order valence-corrected chi connectivity index (χ4v) is 3.29. The molecule has 2 aromatic carbocycles. The first-order chi connectivity index (χ1) is 16.9. The Bertz CT molecular complexity index is 1170. The zero-order valence-electron chi connectivity index (χ0n) is 19.2. The summed E-state index contributed by atoms with van der Waals surface area (Å²) in [6.45, 7) is 1.28. The van der Waals surface area contributed by atoms with Gasteiger partial charge in [0.05, 0.1) is 25.6 Å². The highest BCUT2D eigenvalue weighted by Gasteiger charge is 2.24. The number of nitrogens with zero attached hydrogens (tertiary/aromatic N) is 4. The molecule has 1 heterocycles. The zero-order chi connectivity index (χ0) is 25.4. The Morgan fingerprint density at radius 2 is 2.03 bits per heavy atom. The van der Waals surface area contributed by atoms with Crippen molar-refractivity contribution in [1.82, 2.24) is 0 Å². The maximum absolute atomic E-state index is 15.5. The van der Waals surface area contributed by atoms with Gasteiger partial charge in [-0.3, -0.25) is 0 Å². The summed E-state index contributed by atoms with van der Waals surface area (Å²) in [4.78, 5) is 35.4. The molecule has 1 atom stereocenters. The number of hydrogen-bond acceptors (Lipinski definition) is 11. The van der Waals surface area contributed by atoms with Crippen molar-refractivity contribution in [3.63, 3.8) is 0 Å². The number of hydrogen-bond donors (Lipinski definition) is 0. The van der Waals surface area contributed by atoms with E-state index in [9.17, 15) is 4.79 Å². The number of anilines is 1. The molecule has 3 rings (SSSR count). The van der Waals surface area contributed by atoms with Gasteiger partial charge in [-0.2, -0.15) is 15.1 Å². The lowest BCUT2D eigenvalue weighted by atomic mass is 10.1. The second-order valence-corrected chi connectivity index (χ2v) is 7.40. The van der Waals surface area contributed by atoms with Crippen molar-refractivity contribution < 1.29 is 38.1 Å². The highest BCUT2D eigenvalue weighted by molar-refractivity contribution is 8.15. The highest BCUT2D eigenvalue weighted by atomic mass is 32.2. The van der Waals surface area contributed by atoms with Crippen molar-refractivity contribution in [2.24, 2.45) is 9.98 Å². The van der Waals surface area contributed by atoms with Gasteiger partial charge in [-0.1, -0.05) is 10.2 Å². The smallest absolute Gasteiger partial charge is 0.434 e. The SMILES string of the molecule is COC(=O)N=C(SC)C(=Nc1ccc(N2OOC(C)O2)cc1)c1cc(OC)cc(OCC#N)c1F. The monoisotopic (exact) mass is 504 g/mol. The Hall–Kier alpha value is -3.70. The number of rotatable bonds is 7. The Labute approximate surface area is 204 Å². The summed E-state index contributed by atoms with van der Waals surface area (Å²) in [5.74, 6) is -0.790. The Balaban J connectivity index is 2.12. The van der Waals surface area contributed by atoms with Crippen LogP contribution in [0.4, 0.5) is 20.6 Å². The number of nitriles is 1. The first-order valence-corrected chi connectivity index (χ1v) is 11.2. The molecule has 1 fully saturated rings. The molecule has 0 saturated carbocycles. The van der Waals surface area contributed by atoms with E-state index in [1.54, 1.807) is 43.5 Å². The first kappa shape index (κ1) is 25.9. The second kappa shape index (κ2) is 12.1. The van der Waals surface area contributed by atoms with Gasteiger partial charge >= 0.3 is 6.09 Å². The second-order valence-electron chi connectivity index (χ2n) is 6.60. The van der Waals surface area contributed by atoms with Crippen LogP contribution in [0.5, 0.6) is 11.5 Å². The van der Waals surface area contributed by atoms with Crippen LogP contribution in [0.2, 0.25) is 0 Å². The van der Waals surface area contributed by atoms with Crippen LogP contribution in [-0.4, -0.2) is 50.2 Å². The van der Waals surface area contributed by atoms with E-state index in [1.807, 2.05) is 0 Å². The lowest BCUT2D eigenvalue weighted by molar-refractivity contribution is -0.280. The third-order valence-electron chi connectivity index (χ3n) is 4.35. The molecule has 0 radical (unpaired) electrons. The van der Waals surface area contributed by atoms with Crippen LogP contribution in [0.3, 0.4) is 0 Å². The first-order valence-electron chi connectivity index (χ1n) is 9.97. The molecular formula is C22H21FN4O7S. The molecule has 184 valence electrons. The molecule has 0 spiro atoms. The van der Waals surface area contributed by atoms with Crippen molar-refractivity contribution in [3.8, 4) is 17.6 Å². The molecule has 1 amide bonds. The minimum atomic E-state index is -0.890. The van der Waals surface area contributed by atoms with Gasteiger partial charge in [-0.25, -0.2) is 19.0 Å². The number of carbonyl (C=O) groups is 1. The maximum Gasteiger partial charge on any atom is 0.434 e. The van der Waals surface area contributed by atoms with Gasteiger partial charge in [0.25, 0.3) is 0 Å². The predicted octanol–water partition coefficient (Wildman–Crippen LogP) is 4.35. The van der Waals surface area contributed by atoms with Gasteiger partial charge in [-0.15, -0.1) is 11.8 Å². The summed E-state index contributed by atoms with van der Waals surface area (Å²) in [6.07, 6.45) is 0.181. The van der Waals surface area contributed by atoms with Crippen molar-refractivity contribution in [2.45, 2.75) is 13.2 Å². The number of aliphatic imine (C=N–C) groups is 2. The molecule has 0 aliphatic carbocycles. The molecule has 0 bridgehead atoms. The van der Waals surface area contributed by atoms with Crippen molar-refractivity contribution in [1.29, 1.82) is 5.26 Å². The number of methoxy groups -OCH3 is 2. The standard InChI is InChI=1S/C22H21FN4O7S/c1-13-32-27(34-33-13)15-7-5-14(6-8-15)25-20(21(35-4)26-22(28)30-3)17-11-16(29-2)12-18(19(17)23)31-10-9-24/h5-8,11-13H,10H2,1-4H3. The van der Waals surface area contributed by atoms with Crippen LogP contribution in [0.1, 0.15) is 12.5 Å². The average Bonchev–Trinajstić information content (AvgIpc) is 3.32. The molecule has 1 saturated heterocycles. The lowest BCUT2D eigenvalue weighted by Crippen LogP contribution is -2.17. The van der Waals surface area contributed by atoms with E-state index >= 15 is 4.39 Å². The summed E-state index contributed by atoms with van der Waals surface area (Å²) in [5.41, 5.74) is 0.861. The van der Waals surface area contributed by atoms with E-state index in [2.05, 4.69) is 14.7 Å². The quantitative estimate of drug-likeness (QED) is 0.305. The number of halogens is 1. The minimum Gasteiger partial charge on any atom is -0.497 e. The van der Waals surface area contributed by atoms with Gasteiger partial charge in [0.2, 0.25) is 6.29 Å². The number of benzene rings is 2. The summed E-state index contributed by atoms with van der Waals surface area (Å²) >= 11 is 1.06. The molecule has 13 heteroatoms. The third kappa shape index (κ3) is 6.46. The third-order valence-corrected chi connectivity index (χ3v) is 5.02. The van der Waals surface area contributed by atoms with Crippen LogP contribution in [0.25, 0.3) is 0 Å². The van der Waals surface area contributed by atoms with E-state index < -0.39 is 18.2 Å². The molecule has 1 aliphatic heterocycles. The zero-order valence-corrected chi connectivity index (χ0v) is 20.0. The average molecular weight is 504 g/mol. The van der Waals surface area contributed by atoms with Crippen LogP contribution in [-0.2, 0) is 19.5 Å². The highest BCUT2D eigenvalue weighted by Crippen LogP contribution is 2.31. The molecule has 1 unspecified atom stereocenters. The number of carbonyl (C=O) groups excluding carboxylic acids is 1. The van der Waals surface area contributed by atoms with Gasteiger partial charge in [0, 0.05) is 11.6 Å². The molecule has 0 N–H and O–H groups in total. The van der Waals surface area contributed by atoms with E-state index in [0.717, 1.165) is 17.0 Å². The summed E-state index contributed by atoms with van der Waals surface area (Å²) in [5, 5.41) is 10.00. The predicted molar refractivity (Wildman–Crippen MR) is 125 cm³/mol. The van der Waals surface area contributed by atoms with Gasteiger partial charge in [-0.05, 0) is 43.5 Å². The van der Waals surface area contributed by atoms with Gasteiger partial charge < -0.3 is 14.2 Å². The summed E-state index contributed by atoms with van der Waals surface area (Å²) in [6, 6.07) is 11.0. The van der Waals surface area contributed by atoms with Crippen molar-refractivity contribution >= 4 is 40.0 Å². The Kier molecular flexibility index (Phi) is 8.98. The minimum absolute atomic E-state index is 0.0134. The molecule has 0 aromatic heterocycles. The lowest BCUT2D eigenvalue weighted by Gasteiger charge is -2.14. The van der Waals surface area contributed by atoms with Crippen LogP contribution in [0.15, 0.2) is 46.4 Å². The largest absolute Gasteiger partial charge is 0.497 e. The number of ether oxygens (including phenoxy) is 3. The van der Waals surface area contributed by atoms with E-state index in [4.69, 9.17) is 29.4 Å². The van der Waals surface area contributed by atoms with Crippen LogP contribution < -0.4 is 14.7 Å². The molecule has 2 aromatic rings. The molecule has 11 nitrogen and oxygen atoms in total. The fourth-order valence-electron chi connectivity index (χ4n) is 2.78. The topological polar surface area (TPSA) is 124 Å². The fraction of sp³-hybridized carbons (Fsp3) is 0.273. The summed E-state index contributed by atoms with van der Waals surface area (Å²) in [7, 11) is 2.57. The van der Waals surface area contributed by atoms with Crippen molar-refractivity contribution in [3.05, 3.63) is 47.8 Å². The Morgan fingerprint density at radius 1 is 1.29 bits per heavy atom. The van der Waals surface area contributed by atoms with Gasteiger partial charge in [0.15, 0.2) is 18.2 Å². The number of thioether (sulfide) groups is 1. The van der Waals surface area contributed by atoms with Gasteiger partial charge in [0.1, 0.15) is 22.6 Å². The van der Waals surface area contributed by atoms with Crippen LogP contribution >= 0.6 is 11.8 Å². The van der Waals surface area contributed by atoms with E-state index in [0.29, 0.717) is 11.4 Å². The maximum atomic E-state index is 15.5. The summed E-state index contributed by atoms with van der Waals surface area (Å²) < 4.78 is 30.6. The molecular weight excluding hydrogens is 483 g/mol. The molecule has 35 heavy (non-hydrogen) atoms. The van der Waals surface area contributed by atoms with Crippen LogP contribution in [0, 0.1) is 17.1 Å². The van der Waals surface area contributed by atoms with E-state index in [1.165, 1.54) is 26.4 Å². The van der Waals surface area contributed by atoms with Crippen molar-refractivity contribution in [2.75, 3.05) is 32.3 Å². The number of amides is 1. The Morgan fingerprint density at radius 3 is 2.60 bits per heavy atom.